The van der Waals surface area contributed by atoms with Crippen LogP contribution in [0, 0.1) is 6.92 Å². The molecule has 0 fully saturated rings. The molecule has 6 nitrogen and oxygen atoms in total. The van der Waals surface area contributed by atoms with E-state index in [9.17, 15) is 9.59 Å². The Morgan fingerprint density at radius 1 is 0.970 bits per heavy atom. The molecule has 0 amide bonds. The third-order valence-corrected chi connectivity index (χ3v) is 5.31. The molecule has 4 rings (SSSR count). The molecular formula is C27H24O6. The van der Waals surface area contributed by atoms with E-state index in [0.29, 0.717) is 41.6 Å². The molecule has 3 aromatic rings. The molecule has 3 aromatic carbocycles. The second-order valence-corrected chi connectivity index (χ2v) is 7.45. The zero-order valence-corrected chi connectivity index (χ0v) is 18.7. The normalized spacial score (nSPS) is 13.4. The van der Waals surface area contributed by atoms with Crippen LogP contribution in [0.25, 0.3) is 6.08 Å². The van der Waals surface area contributed by atoms with Crippen LogP contribution >= 0.6 is 0 Å². The predicted molar refractivity (Wildman–Crippen MR) is 124 cm³/mol. The Balaban J connectivity index is 1.52. The number of hydrogen-bond donors (Lipinski definition) is 0. The van der Waals surface area contributed by atoms with E-state index in [1.54, 1.807) is 30.3 Å². The predicted octanol–water partition coefficient (Wildman–Crippen LogP) is 5.38. The molecule has 0 saturated heterocycles. The van der Waals surface area contributed by atoms with E-state index in [2.05, 4.69) is 0 Å². The minimum atomic E-state index is -0.383. The van der Waals surface area contributed by atoms with Gasteiger partial charge in [0.1, 0.15) is 23.9 Å². The van der Waals surface area contributed by atoms with Gasteiger partial charge in [0.05, 0.1) is 24.8 Å². The van der Waals surface area contributed by atoms with Crippen molar-refractivity contribution in [1.29, 1.82) is 0 Å². The third-order valence-electron chi connectivity index (χ3n) is 5.31. The summed E-state index contributed by atoms with van der Waals surface area (Å²) in [5, 5.41) is 0. The van der Waals surface area contributed by atoms with Crippen LogP contribution in [0.2, 0.25) is 0 Å². The number of rotatable bonds is 7. The Morgan fingerprint density at radius 3 is 2.45 bits per heavy atom. The summed E-state index contributed by atoms with van der Waals surface area (Å²) in [4.78, 5) is 24.5. The van der Waals surface area contributed by atoms with E-state index >= 15 is 0 Å². The Kier molecular flexibility index (Phi) is 6.45. The number of para-hydroxylation sites is 1. The summed E-state index contributed by atoms with van der Waals surface area (Å²) in [6, 6.07) is 18.0. The van der Waals surface area contributed by atoms with Crippen molar-refractivity contribution < 1.29 is 28.5 Å². The van der Waals surface area contributed by atoms with Gasteiger partial charge in [-0.2, -0.15) is 0 Å². The van der Waals surface area contributed by atoms with Gasteiger partial charge in [0.2, 0.25) is 5.78 Å². The lowest BCUT2D eigenvalue weighted by molar-refractivity contribution is 0.0600. The highest BCUT2D eigenvalue weighted by atomic mass is 16.5. The molecule has 0 radical (unpaired) electrons. The van der Waals surface area contributed by atoms with Crippen LogP contribution in [0.4, 0.5) is 0 Å². The number of esters is 1. The lowest BCUT2D eigenvalue weighted by atomic mass is 10.1. The topological polar surface area (TPSA) is 71.1 Å². The second kappa shape index (κ2) is 9.61. The molecule has 168 valence electrons. The maximum Gasteiger partial charge on any atom is 0.337 e. The highest BCUT2D eigenvalue weighted by Crippen LogP contribution is 2.40. The van der Waals surface area contributed by atoms with Crippen LogP contribution in [0.15, 0.2) is 66.4 Å². The average Bonchev–Trinajstić information content (AvgIpc) is 3.16. The quantitative estimate of drug-likeness (QED) is 0.360. The van der Waals surface area contributed by atoms with E-state index in [1.807, 2.05) is 50.2 Å². The molecule has 0 aromatic heterocycles. The van der Waals surface area contributed by atoms with Crippen LogP contribution in [0.5, 0.6) is 17.2 Å². The van der Waals surface area contributed by atoms with Gasteiger partial charge in [0.25, 0.3) is 0 Å². The summed E-state index contributed by atoms with van der Waals surface area (Å²) < 4.78 is 22.3. The van der Waals surface area contributed by atoms with Crippen molar-refractivity contribution in [2.24, 2.45) is 0 Å². The molecule has 1 aliphatic rings. The minimum absolute atomic E-state index is 0.177. The Bertz CT molecular complexity index is 1220. The lowest BCUT2D eigenvalue weighted by Crippen LogP contribution is -2.02. The van der Waals surface area contributed by atoms with Gasteiger partial charge in [-0.3, -0.25) is 4.79 Å². The van der Waals surface area contributed by atoms with Crippen LogP contribution < -0.4 is 14.2 Å². The average molecular weight is 444 g/mol. The van der Waals surface area contributed by atoms with Gasteiger partial charge < -0.3 is 18.9 Å². The first-order valence-corrected chi connectivity index (χ1v) is 10.6. The first-order valence-electron chi connectivity index (χ1n) is 10.6. The van der Waals surface area contributed by atoms with E-state index in [4.69, 9.17) is 18.9 Å². The smallest absolute Gasteiger partial charge is 0.337 e. The first-order chi connectivity index (χ1) is 16.0. The molecule has 0 N–H and O–H groups in total. The summed E-state index contributed by atoms with van der Waals surface area (Å²) in [5.41, 5.74) is 3.40. The molecule has 0 spiro atoms. The number of carbonyl (C=O) groups excluding carboxylic acids is 2. The SMILES string of the molecule is CCOc1ccccc1/C=C1\Oc2c(ccc(OCc3ccc(C(=O)OC)cc3)c2C)C1=O. The number of methoxy groups -OCH3 is 1. The zero-order chi connectivity index (χ0) is 23.4. The van der Waals surface area contributed by atoms with Crippen molar-refractivity contribution in [2.45, 2.75) is 20.5 Å². The van der Waals surface area contributed by atoms with Crippen molar-refractivity contribution in [2.75, 3.05) is 13.7 Å². The fourth-order valence-corrected chi connectivity index (χ4v) is 3.57. The molecule has 0 atom stereocenters. The molecule has 0 bridgehead atoms. The second-order valence-electron chi connectivity index (χ2n) is 7.45. The number of ketones is 1. The Morgan fingerprint density at radius 2 is 1.73 bits per heavy atom. The van der Waals surface area contributed by atoms with Gasteiger partial charge in [-0.15, -0.1) is 0 Å². The molecule has 0 saturated carbocycles. The molecular weight excluding hydrogens is 420 g/mol. The highest BCUT2D eigenvalue weighted by Gasteiger charge is 2.30. The highest BCUT2D eigenvalue weighted by molar-refractivity contribution is 6.15. The van der Waals surface area contributed by atoms with Gasteiger partial charge in [-0.05, 0) is 55.8 Å². The first kappa shape index (κ1) is 22.1. The summed E-state index contributed by atoms with van der Waals surface area (Å²) in [6.45, 7) is 4.61. The van der Waals surface area contributed by atoms with Crippen LogP contribution in [0.3, 0.4) is 0 Å². The van der Waals surface area contributed by atoms with E-state index in [0.717, 1.165) is 16.7 Å². The van der Waals surface area contributed by atoms with Crippen molar-refractivity contribution in [3.8, 4) is 17.2 Å². The zero-order valence-electron chi connectivity index (χ0n) is 18.7. The molecule has 6 heteroatoms. The standard InChI is InChI=1S/C27H24O6/c1-4-31-23-8-6-5-7-20(23)15-24-25(28)21-13-14-22(17(2)26(21)33-24)32-16-18-9-11-19(12-10-18)27(29)30-3/h5-15H,4,16H2,1-3H3/b24-15-. The van der Waals surface area contributed by atoms with E-state index in [-0.39, 0.29) is 17.5 Å². The summed E-state index contributed by atoms with van der Waals surface area (Å²) in [6.07, 6.45) is 1.70. The number of Topliss-reactive ketones (excluding diaryl/α,β-unsaturated/α-hetero) is 1. The number of carbonyl (C=O) groups is 2. The Labute approximate surface area is 192 Å². The van der Waals surface area contributed by atoms with Crippen molar-refractivity contribution in [3.63, 3.8) is 0 Å². The van der Waals surface area contributed by atoms with Gasteiger partial charge >= 0.3 is 5.97 Å². The number of hydrogen-bond acceptors (Lipinski definition) is 6. The Hall–Kier alpha value is -4.06. The fourth-order valence-electron chi connectivity index (χ4n) is 3.57. The summed E-state index contributed by atoms with van der Waals surface area (Å²) in [7, 11) is 1.35. The fraction of sp³-hybridized carbons (Fsp3) is 0.185. The van der Waals surface area contributed by atoms with E-state index in [1.165, 1.54) is 7.11 Å². The lowest BCUT2D eigenvalue weighted by Gasteiger charge is -2.12. The van der Waals surface area contributed by atoms with E-state index < -0.39 is 0 Å². The maximum absolute atomic E-state index is 12.9. The maximum atomic E-state index is 12.9. The number of ether oxygens (including phenoxy) is 4. The van der Waals surface area contributed by atoms with Gasteiger partial charge in [0.15, 0.2) is 5.76 Å². The number of benzene rings is 3. The molecule has 1 aliphatic heterocycles. The largest absolute Gasteiger partial charge is 0.493 e. The molecule has 0 unspecified atom stereocenters. The van der Waals surface area contributed by atoms with Gasteiger partial charge in [-0.1, -0.05) is 30.3 Å². The third kappa shape index (κ3) is 4.60. The van der Waals surface area contributed by atoms with Crippen molar-refractivity contribution in [3.05, 3.63) is 94.2 Å². The van der Waals surface area contributed by atoms with Crippen LogP contribution in [-0.4, -0.2) is 25.5 Å². The monoisotopic (exact) mass is 444 g/mol. The van der Waals surface area contributed by atoms with Crippen LogP contribution in [-0.2, 0) is 11.3 Å². The molecule has 1 heterocycles. The molecule has 0 aliphatic carbocycles. The molecule has 33 heavy (non-hydrogen) atoms. The minimum Gasteiger partial charge on any atom is -0.493 e. The summed E-state index contributed by atoms with van der Waals surface area (Å²) in [5.74, 6) is 1.50. The van der Waals surface area contributed by atoms with Gasteiger partial charge in [-0.25, -0.2) is 4.79 Å². The van der Waals surface area contributed by atoms with Crippen LogP contribution in [0.1, 0.15) is 44.3 Å². The number of fused-ring (bicyclic) bond motifs is 1. The number of allylic oxidation sites excluding steroid dienone is 1. The van der Waals surface area contributed by atoms with Gasteiger partial charge in [0, 0.05) is 11.1 Å². The van der Waals surface area contributed by atoms with Crippen molar-refractivity contribution in [1.82, 2.24) is 0 Å². The van der Waals surface area contributed by atoms with Crippen molar-refractivity contribution >= 4 is 17.8 Å². The summed E-state index contributed by atoms with van der Waals surface area (Å²) >= 11 is 0.